The van der Waals surface area contributed by atoms with Crippen LogP contribution in [0.5, 0.6) is 5.75 Å². The summed E-state index contributed by atoms with van der Waals surface area (Å²) in [6.07, 6.45) is 3.44. The molecule has 1 aromatic rings. The van der Waals surface area contributed by atoms with Gasteiger partial charge in [-0.2, -0.15) is 0 Å². The van der Waals surface area contributed by atoms with Gasteiger partial charge in [-0.3, -0.25) is 0 Å². The molecule has 2 nitrogen and oxygen atoms in total. The third-order valence-corrected chi connectivity index (χ3v) is 1.97. The van der Waals surface area contributed by atoms with E-state index in [0.29, 0.717) is 0 Å². The Morgan fingerprint density at radius 1 is 1.75 bits per heavy atom. The minimum atomic E-state index is 0.00509. The second kappa shape index (κ2) is 4.26. The number of rotatable bonds is 3. The van der Waals surface area contributed by atoms with Crippen LogP contribution in [0.3, 0.4) is 0 Å². The van der Waals surface area contributed by atoms with Crippen molar-refractivity contribution in [3.05, 3.63) is 35.6 Å². The molecule has 0 saturated carbocycles. The number of hydrogen-bond acceptors (Lipinski definition) is 2. The molecule has 12 heavy (non-hydrogen) atoms. The van der Waals surface area contributed by atoms with Gasteiger partial charge in [0.05, 0.1) is 0 Å². The normalized spacial score (nSPS) is 12.2. The van der Waals surface area contributed by atoms with E-state index < -0.39 is 0 Å². The number of pyridine rings is 1. The highest BCUT2D eigenvalue weighted by molar-refractivity contribution is 9.10. The zero-order chi connectivity index (χ0) is 8.97. The van der Waals surface area contributed by atoms with Gasteiger partial charge in [0.1, 0.15) is 10.7 Å². The van der Waals surface area contributed by atoms with E-state index in [1.807, 2.05) is 19.1 Å². The summed E-state index contributed by atoms with van der Waals surface area (Å²) >= 11 is 3.28. The van der Waals surface area contributed by atoms with Crippen molar-refractivity contribution in [1.82, 2.24) is 4.98 Å². The van der Waals surface area contributed by atoms with Crippen LogP contribution in [0.4, 0.5) is 0 Å². The lowest BCUT2D eigenvalue weighted by Gasteiger charge is -2.10. The molecule has 1 aromatic heterocycles. The lowest BCUT2D eigenvalue weighted by Crippen LogP contribution is -2.07. The minimum Gasteiger partial charge on any atom is -0.484 e. The smallest absolute Gasteiger partial charge is 0.152 e. The number of halogens is 1. The van der Waals surface area contributed by atoms with E-state index in [2.05, 4.69) is 27.5 Å². The third-order valence-electron chi connectivity index (χ3n) is 1.37. The third kappa shape index (κ3) is 2.34. The summed E-state index contributed by atoms with van der Waals surface area (Å²) in [4.78, 5) is 4.02. The van der Waals surface area contributed by atoms with E-state index in [1.54, 1.807) is 12.3 Å². The molecule has 0 radical (unpaired) electrons. The molecule has 0 aliphatic heterocycles. The highest BCUT2D eigenvalue weighted by Crippen LogP contribution is 2.22. The second-order valence-electron chi connectivity index (χ2n) is 2.35. The fourth-order valence-electron chi connectivity index (χ4n) is 0.708. The zero-order valence-corrected chi connectivity index (χ0v) is 8.41. The maximum absolute atomic E-state index is 5.47. The van der Waals surface area contributed by atoms with Crippen LogP contribution in [-0.2, 0) is 0 Å². The first-order chi connectivity index (χ1) is 5.74. The van der Waals surface area contributed by atoms with Gasteiger partial charge in [-0.1, -0.05) is 12.7 Å². The highest BCUT2D eigenvalue weighted by atomic mass is 79.9. The van der Waals surface area contributed by atoms with Crippen molar-refractivity contribution in [3.63, 3.8) is 0 Å². The standard InChI is InChI=1S/C9H10BrNO/c1-3-7(2)12-8-5-4-6-11-9(8)10/h3-7H,1H2,2H3. The summed E-state index contributed by atoms with van der Waals surface area (Å²) < 4.78 is 6.19. The summed E-state index contributed by atoms with van der Waals surface area (Å²) in [5.74, 6) is 0.741. The quantitative estimate of drug-likeness (QED) is 0.586. The average molecular weight is 228 g/mol. The first-order valence-corrected chi connectivity index (χ1v) is 4.43. The SMILES string of the molecule is C=CC(C)Oc1cccnc1Br. The maximum atomic E-state index is 5.47. The predicted octanol–water partition coefficient (Wildman–Crippen LogP) is 2.80. The van der Waals surface area contributed by atoms with Crippen LogP contribution in [0.1, 0.15) is 6.92 Å². The molecule has 1 unspecified atom stereocenters. The Hall–Kier alpha value is -0.830. The van der Waals surface area contributed by atoms with Crippen molar-refractivity contribution in [2.75, 3.05) is 0 Å². The number of aromatic nitrogens is 1. The maximum Gasteiger partial charge on any atom is 0.152 e. The summed E-state index contributed by atoms with van der Waals surface area (Å²) in [7, 11) is 0. The van der Waals surface area contributed by atoms with E-state index in [4.69, 9.17) is 4.74 Å². The van der Waals surface area contributed by atoms with Gasteiger partial charge >= 0.3 is 0 Å². The molecule has 64 valence electrons. The van der Waals surface area contributed by atoms with Gasteiger partial charge in [-0.25, -0.2) is 4.98 Å². The van der Waals surface area contributed by atoms with Gasteiger partial charge in [0.25, 0.3) is 0 Å². The highest BCUT2D eigenvalue weighted by Gasteiger charge is 2.02. The fourth-order valence-corrected chi connectivity index (χ4v) is 1.05. The van der Waals surface area contributed by atoms with Crippen LogP contribution in [0.25, 0.3) is 0 Å². The molecule has 0 aliphatic rings. The van der Waals surface area contributed by atoms with Gasteiger partial charge in [-0.15, -0.1) is 0 Å². The van der Waals surface area contributed by atoms with Gasteiger partial charge in [0, 0.05) is 6.20 Å². The Morgan fingerprint density at radius 2 is 2.50 bits per heavy atom. The Kier molecular flexibility index (Phi) is 3.29. The summed E-state index contributed by atoms with van der Waals surface area (Å²) in [6, 6.07) is 3.69. The molecule has 0 bridgehead atoms. The zero-order valence-electron chi connectivity index (χ0n) is 6.83. The van der Waals surface area contributed by atoms with Gasteiger partial charge < -0.3 is 4.74 Å². The molecular formula is C9H10BrNO. The molecule has 0 amide bonds. The largest absolute Gasteiger partial charge is 0.484 e. The summed E-state index contributed by atoms with van der Waals surface area (Å²) in [5.41, 5.74) is 0. The number of nitrogens with zero attached hydrogens (tertiary/aromatic N) is 1. The number of hydrogen-bond donors (Lipinski definition) is 0. The van der Waals surface area contributed by atoms with Crippen molar-refractivity contribution < 1.29 is 4.74 Å². The van der Waals surface area contributed by atoms with E-state index in [-0.39, 0.29) is 6.10 Å². The Labute approximate surface area is 80.4 Å². The second-order valence-corrected chi connectivity index (χ2v) is 3.10. The summed E-state index contributed by atoms with van der Waals surface area (Å²) in [5, 5.41) is 0. The van der Waals surface area contributed by atoms with Crippen LogP contribution in [-0.4, -0.2) is 11.1 Å². The first-order valence-electron chi connectivity index (χ1n) is 3.63. The molecule has 1 atom stereocenters. The molecule has 3 heteroatoms. The lowest BCUT2D eigenvalue weighted by atomic mass is 10.4. The monoisotopic (exact) mass is 227 g/mol. The molecular weight excluding hydrogens is 218 g/mol. The lowest BCUT2D eigenvalue weighted by molar-refractivity contribution is 0.267. The molecule has 1 heterocycles. The van der Waals surface area contributed by atoms with Gasteiger partial charge in [0.2, 0.25) is 0 Å². The summed E-state index contributed by atoms with van der Waals surface area (Å²) in [6.45, 7) is 5.55. The predicted molar refractivity (Wildman–Crippen MR) is 52.2 cm³/mol. The van der Waals surface area contributed by atoms with E-state index in [0.717, 1.165) is 10.4 Å². The van der Waals surface area contributed by atoms with Crippen LogP contribution in [0.15, 0.2) is 35.6 Å². The van der Waals surface area contributed by atoms with Crippen molar-refractivity contribution >= 4 is 15.9 Å². The molecule has 0 N–H and O–H groups in total. The molecule has 0 saturated heterocycles. The Bertz CT molecular complexity index is 275. The molecule has 0 aromatic carbocycles. The van der Waals surface area contributed by atoms with E-state index in [9.17, 15) is 0 Å². The van der Waals surface area contributed by atoms with Gasteiger partial charge in [-0.05, 0) is 35.0 Å². The van der Waals surface area contributed by atoms with Crippen molar-refractivity contribution in [2.45, 2.75) is 13.0 Å². The van der Waals surface area contributed by atoms with Gasteiger partial charge in [0.15, 0.2) is 5.75 Å². The van der Waals surface area contributed by atoms with Crippen LogP contribution in [0, 0.1) is 0 Å². The van der Waals surface area contributed by atoms with E-state index >= 15 is 0 Å². The van der Waals surface area contributed by atoms with E-state index in [1.165, 1.54) is 0 Å². The topological polar surface area (TPSA) is 22.1 Å². The Balaban J connectivity index is 2.75. The fraction of sp³-hybridized carbons (Fsp3) is 0.222. The number of ether oxygens (including phenoxy) is 1. The van der Waals surface area contributed by atoms with Crippen LogP contribution < -0.4 is 4.74 Å². The minimum absolute atomic E-state index is 0.00509. The molecule has 1 rings (SSSR count). The Morgan fingerprint density at radius 3 is 3.08 bits per heavy atom. The average Bonchev–Trinajstić information content (AvgIpc) is 2.09. The van der Waals surface area contributed by atoms with Crippen molar-refractivity contribution in [3.8, 4) is 5.75 Å². The molecule has 0 aliphatic carbocycles. The first kappa shape index (κ1) is 9.26. The van der Waals surface area contributed by atoms with Crippen molar-refractivity contribution in [1.29, 1.82) is 0 Å². The molecule has 0 spiro atoms. The van der Waals surface area contributed by atoms with Crippen LogP contribution >= 0.6 is 15.9 Å². The van der Waals surface area contributed by atoms with Crippen LogP contribution in [0.2, 0.25) is 0 Å². The van der Waals surface area contributed by atoms with Crippen molar-refractivity contribution in [2.24, 2.45) is 0 Å². The molecule has 0 fully saturated rings.